The van der Waals surface area contributed by atoms with Crippen LogP contribution in [-0.4, -0.2) is 42.2 Å². The van der Waals surface area contributed by atoms with Crippen molar-refractivity contribution in [2.75, 3.05) is 13.2 Å². The Morgan fingerprint density at radius 2 is 1.33 bits per heavy atom. The summed E-state index contributed by atoms with van der Waals surface area (Å²) in [6.07, 6.45) is 0.111. The molecule has 5 rings (SSSR count). The van der Waals surface area contributed by atoms with Gasteiger partial charge in [-0.15, -0.1) is 0 Å². The van der Waals surface area contributed by atoms with Crippen LogP contribution in [0.1, 0.15) is 53.2 Å². The van der Waals surface area contributed by atoms with Gasteiger partial charge in [-0.05, 0) is 58.7 Å². The Morgan fingerprint density at radius 3 is 1.93 bits per heavy atom. The Labute approximate surface area is 252 Å². The van der Waals surface area contributed by atoms with Gasteiger partial charge < -0.3 is 14.9 Å². The summed E-state index contributed by atoms with van der Waals surface area (Å²) in [6, 6.07) is 33.4. The van der Waals surface area contributed by atoms with E-state index in [2.05, 4.69) is 29.6 Å². The van der Waals surface area contributed by atoms with Gasteiger partial charge in [0.2, 0.25) is 0 Å². The number of nitrogens with zero attached hydrogens (tertiary/aromatic N) is 1. The number of alkyl carbamates (subject to hydrolysis) is 1. The largest absolute Gasteiger partial charge is 0.449 e. The summed E-state index contributed by atoms with van der Waals surface area (Å²) in [5.74, 6) is -1.19. The minimum absolute atomic E-state index is 0.0728. The molecule has 0 saturated heterocycles. The van der Waals surface area contributed by atoms with Crippen LogP contribution >= 0.6 is 0 Å². The third-order valence-electron chi connectivity index (χ3n) is 7.54. The molecule has 4 aromatic carbocycles. The second kappa shape index (κ2) is 13.8. The van der Waals surface area contributed by atoms with Gasteiger partial charge in [0.1, 0.15) is 12.6 Å². The van der Waals surface area contributed by atoms with Gasteiger partial charge in [0.15, 0.2) is 0 Å². The topological polar surface area (TPSA) is 84.9 Å². The monoisotopic (exact) mass is 576 g/mol. The molecule has 0 aromatic heterocycles. The van der Waals surface area contributed by atoms with E-state index >= 15 is 0 Å². The van der Waals surface area contributed by atoms with Gasteiger partial charge in [-0.1, -0.05) is 111 Å². The first-order chi connectivity index (χ1) is 20.9. The minimum Gasteiger partial charge on any atom is -0.449 e. The second-order valence-electron chi connectivity index (χ2n) is 11.1. The number of nitrogens with one attached hydrogen (secondary N) is 1. The van der Waals surface area contributed by atoms with E-state index in [0.29, 0.717) is 18.4 Å². The molecule has 0 spiro atoms. The summed E-state index contributed by atoms with van der Waals surface area (Å²) >= 11 is 0. The summed E-state index contributed by atoms with van der Waals surface area (Å²) < 4.78 is 5.73. The average molecular weight is 577 g/mol. The Balaban J connectivity index is 1.30. The molecule has 4 aromatic rings. The van der Waals surface area contributed by atoms with E-state index in [1.165, 1.54) is 0 Å². The number of rotatable bonds is 10. The number of hydrogen-bond donors (Lipinski definition) is 1. The van der Waals surface area contributed by atoms with Crippen molar-refractivity contribution in [1.29, 1.82) is 0 Å². The van der Waals surface area contributed by atoms with E-state index < -0.39 is 24.0 Å². The predicted molar refractivity (Wildman–Crippen MR) is 165 cm³/mol. The maximum atomic E-state index is 13.9. The molecule has 0 bridgehead atoms. The molecule has 0 saturated carbocycles. The Morgan fingerprint density at radius 1 is 0.767 bits per heavy atom. The quantitative estimate of drug-likeness (QED) is 0.210. The fraction of sp³-hybridized carbons (Fsp3) is 0.250. The molecule has 0 fully saturated rings. The second-order valence-corrected chi connectivity index (χ2v) is 11.1. The molecule has 1 aliphatic carbocycles. The van der Waals surface area contributed by atoms with Gasteiger partial charge in [-0.25, -0.2) is 9.59 Å². The molecule has 0 aliphatic heterocycles. The summed E-state index contributed by atoms with van der Waals surface area (Å²) in [5, 5.41) is 3.84. The van der Waals surface area contributed by atoms with E-state index in [1.54, 1.807) is 30.3 Å². The highest BCUT2D eigenvalue weighted by atomic mass is 16.7. The first kappa shape index (κ1) is 29.6. The van der Waals surface area contributed by atoms with Gasteiger partial charge in [0, 0.05) is 5.92 Å². The number of carbonyl (C=O) groups is 3. The Bertz CT molecular complexity index is 1510. The van der Waals surface area contributed by atoms with Crippen LogP contribution in [0, 0.1) is 5.92 Å². The number of ether oxygens (including phenoxy) is 1. The number of hydrogen-bond acceptors (Lipinski definition) is 5. The average Bonchev–Trinajstić information content (AvgIpc) is 3.35. The lowest BCUT2D eigenvalue weighted by Gasteiger charge is -2.27. The van der Waals surface area contributed by atoms with Crippen molar-refractivity contribution in [2.24, 2.45) is 5.92 Å². The molecular formula is C36H36N2O5. The zero-order valence-electron chi connectivity index (χ0n) is 24.4. The molecule has 1 N–H and O–H groups in total. The van der Waals surface area contributed by atoms with Crippen LogP contribution in [0.25, 0.3) is 11.1 Å². The fourth-order valence-electron chi connectivity index (χ4n) is 5.45. The van der Waals surface area contributed by atoms with Crippen LogP contribution in [-0.2, 0) is 20.8 Å². The SMILES string of the molecule is CC(C)C[C@@H](NC(=O)OCC1c2ccccc2-c2ccccc21)C(=O)N(CCc1ccccc1)OC(=O)c1ccccc1. The molecule has 2 amide bonds. The lowest BCUT2D eigenvalue weighted by molar-refractivity contribution is -0.169. The van der Waals surface area contributed by atoms with Crippen molar-refractivity contribution in [3.8, 4) is 11.1 Å². The molecule has 220 valence electrons. The smallest absolute Gasteiger partial charge is 0.407 e. The molecule has 7 nitrogen and oxygen atoms in total. The molecular weight excluding hydrogens is 540 g/mol. The van der Waals surface area contributed by atoms with E-state index in [0.717, 1.165) is 32.9 Å². The summed E-state index contributed by atoms with van der Waals surface area (Å²) in [6.45, 7) is 4.18. The van der Waals surface area contributed by atoms with E-state index in [1.807, 2.05) is 68.4 Å². The van der Waals surface area contributed by atoms with Crippen LogP contribution < -0.4 is 5.32 Å². The van der Waals surface area contributed by atoms with E-state index in [9.17, 15) is 14.4 Å². The van der Waals surface area contributed by atoms with Crippen LogP contribution in [0.3, 0.4) is 0 Å². The molecule has 0 radical (unpaired) electrons. The molecule has 0 heterocycles. The lowest BCUT2D eigenvalue weighted by Crippen LogP contribution is -2.50. The van der Waals surface area contributed by atoms with Crippen molar-refractivity contribution in [3.63, 3.8) is 0 Å². The van der Waals surface area contributed by atoms with Crippen molar-refractivity contribution in [2.45, 2.75) is 38.6 Å². The fourth-order valence-corrected chi connectivity index (χ4v) is 5.45. The lowest BCUT2D eigenvalue weighted by atomic mass is 9.98. The number of benzene rings is 4. The zero-order chi connectivity index (χ0) is 30.2. The molecule has 0 unspecified atom stereocenters. The molecule has 1 atom stereocenters. The van der Waals surface area contributed by atoms with Crippen LogP contribution in [0.2, 0.25) is 0 Å². The standard InChI is InChI=1S/C36H36N2O5/c1-25(2)23-33(37-36(41)42-24-32-30-19-11-9-17-28(30)29-18-10-12-20-31(29)32)34(39)38(22-21-26-13-5-3-6-14-26)43-35(40)27-15-7-4-8-16-27/h3-20,25,32-33H,21-24H2,1-2H3,(H,37,41)/t33-/m1/s1. The van der Waals surface area contributed by atoms with Crippen molar-refractivity contribution in [3.05, 3.63) is 131 Å². The Kier molecular flexibility index (Phi) is 9.52. The number of amides is 2. The van der Waals surface area contributed by atoms with E-state index in [-0.39, 0.29) is 25.0 Å². The van der Waals surface area contributed by atoms with Crippen molar-refractivity contribution in [1.82, 2.24) is 10.4 Å². The van der Waals surface area contributed by atoms with E-state index in [4.69, 9.17) is 9.57 Å². The van der Waals surface area contributed by atoms with Crippen molar-refractivity contribution < 1.29 is 24.0 Å². The first-order valence-electron chi connectivity index (χ1n) is 14.6. The molecule has 1 aliphatic rings. The summed E-state index contributed by atoms with van der Waals surface area (Å²) in [4.78, 5) is 45.6. The summed E-state index contributed by atoms with van der Waals surface area (Å²) in [7, 11) is 0. The number of carbonyl (C=O) groups excluding carboxylic acids is 3. The third-order valence-corrected chi connectivity index (χ3v) is 7.54. The molecule has 43 heavy (non-hydrogen) atoms. The molecule has 7 heteroatoms. The first-order valence-corrected chi connectivity index (χ1v) is 14.6. The highest BCUT2D eigenvalue weighted by molar-refractivity contribution is 5.91. The van der Waals surface area contributed by atoms with Gasteiger partial charge in [0.05, 0.1) is 12.1 Å². The highest BCUT2D eigenvalue weighted by Gasteiger charge is 2.32. The normalized spacial score (nSPS) is 12.6. The van der Waals surface area contributed by atoms with Gasteiger partial charge in [0.25, 0.3) is 5.91 Å². The van der Waals surface area contributed by atoms with Gasteiger partial charge in [-0.2, -0.15) is 5.06 Å². The van der Waals surface area contributed by atoms with Crippen LogP contribution in [0.5, 0.6) is 0 Å². The predicted octanol–water partition coefficient (Wildman–Crippen LogP) is 6.78. The zero-order valence-corrected chi connectivity index (χ0v) is 24.4. The Hall–Kier alpha value is -4.91. The van der Waals surface area contributed by atoms with Gasteiger partial charge in [-0.3, -0.25) is 4.79 Å². The number of fused-ring (bicyclic) bond motifs is 3. The van der Waals surface area contributed by atoms with Crippen LogP contribution in [0.4, 0.5) is 4.79 Å². The van der Waals surface area contributed by atoms with Gasteiger partial charge >= 0.3 is 12.1 Å². The van der Waals surface area contributed by atoms with Crippen LogP contribution in [0.15, 0.2) is 109 Å². The maximum Gasteiger partial charge on any atom is 0.407 e. The highest BCUT2D eigenvalue weighted by Crippen LogP contribution is 2.44. The maximum absolute atomic E-state index is 13.9. The third kappa shape index (κ3) is 7.30. The summed E-state index contributed by atoms with van der Waals surface area (Å²) in [5.41, 5.74) is 5.78. The minimum atomic E-state index is -0.949. The van der Waals surface area contributed by atoms with Crippen molar-refractivity contribution >= 4 is 18.0 Å². The number of hydroxylamine groups is 2.